The minimum Gasteiger partial charge on any atom is -0.335 e. The number of fused-ring (bicyclic) bond motifs is 2. The Kier molecular flexibility index (Phi) is 5.49. The van der Waals surface area contributed by atoms with E-state index in [1.165, 1.54) is 18.4 Å². The average Bonchev–Trinajstić information content (AvgIpc) is 3.51. The van der Waals surface area contributed by atoms with Gasteiger partial charge in [-0.05, 0) is 47.9 Å². The number of hydrogen-bond acceptors (Lipinski definition) is 7. The second-order valence-electron chi connectivity index (χ2n) is 8.81. The molecular weight excluding hydrogens is 493 g/mol. The Morgan fingerprint density at radius 2 is 1.84 bits per heavy atom. The van der Waals surface area contributed by atoms with E-state index in [-0.39, 0.29) is 12.2 Å². The second-order valence-corrected chi connectivity index (χ2v) is 11.1. The summed E-state index contributed by atoms with van der Waals surface area (Å²) in [5.41, 5.74) is 5.96. The molecular formula is C26H20FN7O2S. The highest BCUT2D eigenvalue weighted by molar-refractivity contribution is 7.90. The molecule has 184 valence electrons. The number of rotatable bonds is 6. The summed E-state index contributed by atoms with van der Waals surface area (Å²) in [6.45, 7) is 0. The lowest BCUT2D eigenvalue weighted by atomic mass is 10.0. The lowest BCUT2D eigenvalue weighted by molar-refractivity contribution is 0.600. The maximum Gasteiger partial charge on any atom is 0.181 e. The Bertz CT molecular complexity index is 1880. The van der Waals surface area contributed by atoms with Crippen molar-refractivity contribution >= 4 is 32.0 Å². The molecule has 37 heavy (non-hydrogen) atoms. The van der Waals surface area contributed by atoms with Crippen molar-refractivity contribution in [3.63, 3.8) is 0 Å². The summed E-state index contributed by atoms with van der Waals surface area (Å²) in [6, 6.07) is 12.1. The van der Waals surface area contributed by atoms with E-state index in [2.05, 4.69) is 35.1 Å². The fraction of sp³-hybridized carbons (Fsp3) is 0.115. The van der Waals surface area contributed by atoms with E-state index in [0.717, 1.165) is 16.5 Å². The Morgan fingerprint density at radius 1 is 0.946 bits per heavy atom. The van der Waals surface area contributed by atoms with Gasteiger partial charge >= 0.3 is 0 Å². The molecule has 0 amide bonds. The van der Waals surface area contributed by atoms with Crippen LogP contribution in [-0.4, -0.2) is 55.5 Å². The molecule has 5 heterocycles. The van der Waals surface area contributed by atoms with Crippen molar-refractivity contribution in [2.45, 2.75) is 6.42 Å². The molecule has 2 N–H and O–H groups in total. The normalized spacial score (nSPS) is 11.9. The largest absolute Gasteiger partial charge is 0.335 e. The van der Waals surface area contributed by atoms with Gasteiger partial charge in [0.1, 0.15) is 21.3 Å². The molecule has 6 aromatic rings. The number of sulfone groups is 1. The number of aromatic nitrogens is 7. The van der Waals surface area contributed by atoms with Crippen LogP contribution in [0.25, 0.3) is 56.0 Å². The summed E-state index contributed by atoms with van der Waals surface area (Å²) in [4.78, 5) is 21.0. The number of halogens is 1. The zero-order chi connectivity index (χ0) is 25.6. The van der Waals surface area contributed by atoms with Crippen LogP contribution in [0.5, 0.6) is 0 Å². The fourth-order valence-corrected chi connectivity index (χ4v) is 4.90. The Balaban J connectivity index is 1.44. The first kappa shape index (κ1) is 22.9. The lowest BCUT2D eigenvalue weighted by Gasteiger charge is -2.07. The zero-order valence-corrected chi connectivity index (χ0v) is 20.4. The topological polar surface area (TPSA) is 130 Å². The zero-order valence-electron chi connectivity index (χ0n) is 19.6. The number of aryl methyl sites for hydroxylation is 1. The van der Waals surface area contributed by atoms with E-state index in [0.29, 0.717) is 45.0 Å². The molecule has 0 aliphatic rings. The molecule has 1 aromatic carbocycles. The van der Waals surface area contributed by atoms with Crippen molar-refractivity contribution in [2.24, 2.45) is 0 Å². The molecule has 0 saturated carbocycles. The number of nitrogens with zero attached hydrogens (tertiary/aromatic N) is 5. The molecule has 5 aromatic heterocycles. The molecule has 0 spiro atoms. The van der Waals surface area contributed by atoms with E-state index in [9.17, 15) is 12.8 Å². The number of pyridine rings is 3. The number of aromatic amines is 2. The Morgan fingerprint density at radius 3 is 2.65 bits per heavy atom. The van der Waals surface area contributed by atoms with Crippen LogP contribution in [0.1, 0.15) is 5.56 Å². The summed E-state index contributed by atoms with van der Waals surface area (Å²) in [5.74, 6) is 0.00762. The minimum atomic E-state index is -3.17. The van der Waals surface area contributed by atoms with Gasteiger partial charge in [0, 0.05) is 47.7 Å². The van der Waals surface area contributed by atoms with Gasteiger partial charge in [-0.2, -0.15) is 5.10 Å². The van der Waals surface area contributed by atoms with Gasteiger partial charge in [0.15, 0.2) is 17.1 Å². The average molecular weight is 514 g/mol. The minimum absolute atomic E-state index is 0.0577. The number of benzene rings is 1. The SMILES string of the molecule is CS(=O)(=O)CCc1cc(F)cc(-c2ccnc3nc(-c4[nH]nc5ncc(-c6cccnc6)cc45)[nH]c23)c1. The summed E-state index contributed by atoms with van der Waals surface area (Å²) in [5, 5.41) is 8.10. The van der Waals surface area contributed by atoms with Crippen LogP contribution in [0.3, 0.4) is 0 Å². The van der Waals surface area contributed by atoms with Crippen molar-refractivity contribution in [3.05, 3.63) is 78.6 Å². The fourth-order valence-electron chi connectivity index (χ4n) is 4.30. The van der Waals surface area contributed by atoms with Gasteiger partial charge in [-0.3, -0.25) is 10.1 Å². The summed E-state index contributed by atoms with van der Waals surface area (Å²) >= 11 is 0. The molecule has 0 atom stereocenters. The van der Waals surface area contributed by atoms with Crippen molar-refractivity contribution < 1.29 is 12.8 Å². The second kappa shape index (κ2) is 8.86. The highest BCUT2D eigenvalue weighted by atomic mass is 32.2. The Labute approximate surface area is 210 Å². The highest BCUT2D eigenvalue weighted by Gasteiger charge is 2.17. The predicted molar refractivity (Wildman–Crippen MR) is 139 cm³/mol. The van der Waals surface area contributed by atoms with Gasteiger partial charge in [0.2, 0.25) is 0 Å². The number of H-pyrrole nitrogens is 2. The molecule has 0 fully saturated rings. The first-order valence-corrected chi connectivity index (χ1v) is 13.5. The molecule has 6 rings (SSSR count). The lowest BCUT2D eigenvalue weighted by Crippen LogP contribution is -2.06. The van der Waals surface area contributed by atoms with Crippen LogP contribution < -0.4 is 0 Å². The predicted octanol–water partition coefficient (Wildman–Crippen LogP) is 4.35. The maximum absolute atomic E-state index is 14.5. The van der Waals surface area contributed by atoms with Crippen molar-refractivity contribution in [3.8, 4) is 33.8 Å². The van der Waals surface area contributed by atoms with Gasteiger partial charge in [-0.15, -0.1) is 0 Å². The third kappa shape index (κ3) is 4.56. The molecule has 9 nitrogen and oxygen atoms in total. The van der Waals surface area contributed by atoms with Crippen LogP contribution >= 0.6 is 0 Å². The van der Waals surface area contributed by atoms with Crippen molar-refractivity contribution in [1.29, 1.82) is 0 Å². The third-order valence-corrected chi connectivity index (χ3v) is 7.01. The third-order valence-electron chi connectivity index (χ3n) is 6.06. The van der Waals surface area contributed by atoms with Gasteiger partial charge in [0.25, 0.3) is 0 Å². The van der Waals surface area contributed by atoms with Crippen molar-refractivity contribution in [2.75, 3.05) is 12.0 Å². The highest BCUT2D eigenvalue weighted by Crippen LogP contribution is 2.32. The van der Waals surface area contributed by atoms with Crippen LogP contribution in [0, 0.1) is 5.82 Å². The van der Waals surface area contributed by atoms with Gasteiger partial charge in [0.05, 0.1) is 16.7 Å². The number of nitrogens with one attached hydrogen (secondary N) is 2. The molecule has 0 aliphatic carbocycles. The quantitative estimate of drug-likeness (QED) is 0.339. The molecule has 11 heteroatoms. The molecule has 0 radical (unpaired) electrons. The molecule has 0 saturated heterocycles. The van der Waals surface area contributed by atoms with Gasteiger partial charge in [-0.1, -0.05) is 12.1 Å². The monoisotopic (exact) mass is 513 g/mol. The Hall–Kier alpha value is -4.51. The number of hydrogen-bond donors (Lipinski definition) is 2. The van der Waals surface area contributed by atoms with Crippen LogP contribution in [-0.2, 0) is 16.3 Å². The van der Waals surface area contributed by atoms with Gasteiger partial charge in [-0.25, -0.2) is 27.8 Å². The molecule has 0 aliphatic heterocycles. The van der Waals surface area contributed by atoms with Gasteiger partial charge < -0.3 is 4.98 Å². The molecule has 0 bridgehead atoms. The summed E-state index contributed by atoms with van der Waals surface area (Å²) < 4.78 is 37.7. The van der Waals surface area contributed by atoms with Crippen LogP contribution in [0.15, 0.2) is 67.3 Å². The first-order chi connectivity index (χ1) is 17.8. The summed E-state index contributed by atoms with van der Waals surface area (Å²) in [7, 11) is -3.17. The van der Waals surface area contributed by atoms with E-state index < -0.39 is 15.7 Å². The summed E-state index contributed by atoms with van der Waals surface area (Å²) in [6.07, 6.45) is 8.22. The van der Waals surface area contributed by atoms with E-state index >= 15 is 0 Å². The first-order valence-electron chi connectivity index (χ1n) is 11.4. The smallest absolute Gasteiger partial charge is 0.181 e. The van der Waals surface area contributed by atoms with Crippen LogP contribution in [0.4, 0.5) is 4.39 Å². The van der Waals surface area contributed by atoms with Crippen LogP contribution in [0.2, 0.25) is 0 Å². The van der Waals surface area contributed by atoms with Crippen molar-refractivity contribution in [1.82, 2.24) is 35.1 Å². The number of imidazole rings is 1. The molecule has 0 unspecified atom stereocenters. The van der Waals surface area contributed by atoms with E-state index in [1.54, 1.807) is 36.9 Å². The van der Waals surface area contributed by atoms with E-state index in [4.69, 9.17) is 0 Å². The van der Waals surface area contributed by atoms with E-state index in [1.807, 2.05) is 18.2 Å². The standard InChI is InChI=1S/C26H20FN7O2S/c1-37(35,36)8-5-15-9-17(11-19(27)10-15)20-4-7-29-25-22(20)31-26(32-25)23-21-12-18(14-30-24(21)34-33-23)16-3-2-6-28-13-16/h2-4,6-7,9-14H,5,8H2,1H3,(H,29,31,32)(H,30,33,34). The maximum atomic E-state index is 14.5.